The first-order chi connectivity index (χ1) is 9.49. The molecule has 2 amide bonds. The third kappa shape index (κ3) is 4.25. The van der Waals surface area contributed by atoms with Crippen LogP contribution in [0, 0.1) is 0 Å². The second kappa shape index (κ2) is 7.52. The highest BCUT2D eigenvalue weighted by Gasteiger charge is 2.14. The number of aliphatic hydroxyl groups excluding tert-OH is 1. The largest absolute Gasteiger partial charge is 0.478 e. The van der Waals surface area contributed by atoms with Gasteiger partial charge in [0.1, 0.15) is 0 Å². The van der Waals surface area contributed by atoms with Crippen LogP contribution in [0.2, 0.25) is 5.02 Å². The Labute approximate surface area is 121 Å². The van der Waals surface area contributed by atoms with E-state index < -0.39 is 12.0 Å². The average Bonchev–Trinajstić information content (AvgIpc) is 2.40. The van der Waals surface area contributed by atoms with E-state index in [4.69, 9.17) is 21.8 Å². The van der Waals surface area contributed by atoms with Gasteiger partial charge in [0.25, 0.3) is 0 Å². The Balaban J connectivity index is 2.83. The van der Waals surface area contributed by atoms with Crippen LogP contribution in [0.3, 0.4) is 0 Å². The molecule has 0 aliphatic heterocycles. The fourth-order valence-electron chi connectivity index (χ4n) is 1.50. The van der Waals surface area contributed by atoms with Gasteiger partial charge in [-0.15, -0.1) is 6.58 Å². The summed E-state index contributed by atoms with van der Waals surface area (Å²) in [4.78, 5) is 24.1. The summed E-state index contributed by atoms with van der Waals surface area (Å²) in [6.07, 6.45) is 1.53. The molecule has 108 valence electrons. The van der Waals surface area contributed by atoms with Crippen LogP contribution >= 0.6 is 11.6 Å². The quantitative estimate of drug-likeness (QED) is 0.701. The van der Waals surface area contributed by atoms with Gasteiger partial charge in [-0.25, -0.2) is 9.59 Å². The first-order valence-electron chi connectivity index (χ1n) is 5.80. The summed E-state index contributed by atoms with van der Waals surface area (Å²) in [7, 11) is 0. The van der Waals surface area contributed by atoms with Crippen molar-refractivity contribution < 1.29 is 19.8 Å². The third-order valence-corrected chi connectivity index (χ3v) is 2.78. The molecule has 1 rings (SSSR count). The number of carbonyl (C=O) groups excluding carboxylic acids is 1. The SMILES string of the molecule is C=CCN(CCO)C(=O)Nc1ccc(C(=O)O)cc1Cl. The minimum atomic E-state index is -1.10. The zero-order valence-corrected chi connectivity index (χ0v) is 11.4. The first-order valence-corrected chi connectivity index (χ1v) is 6.18. The number of carbonyl (C=O) groups is 2. The Kier molecular flexibility index (Phi) is 6.02. The van der Waals surface area contributed by atoms with Crippen molar-refractivity contribution in [2.24, 2.45) is 0 Å². The van der Waals surface area contributed by atoms with Crippen LogP contribution in [-0.4, -0.2) is 46.8 Å². The van der Waals surface area contributed by atoms with Crippen LogP contribution in [0.4, 0.5) is 10.5 Å². The predicted octanol–water partition coefficient (Wildman–Crippen LogP) is 2.05. The van der Waals surface area contributed by atoms with Gasteiger partial charge >= 0.3 is 12.0 Å². The molecular formula is C13H15ClN2O4. The van der Waals surface area contributed by atoms with Crippen LogP contribution in [-0.2, 0) is 0 Å². The molecule has 20 heavy (non-hydrogen) atoms. The van der Waals surface area contributed by atoms with Gasteiger partial charge < -0.3 is 20.4 Å². The fourth-order valence-corrected chi connectivity index (χ4v) is 1.72. The van der Waals surface area contributed by atoms with Crippen molar-refractivity contribution in [2.45, 2.75) is 0 Å². The lowest BCUT2D eigenvalue weighted by atomic mass is 10.2. The van der Waals surface area contributed by atoms with Gasteiger partial charge in [0.15, 0.2) is 0 Å². The van der Waals surface area contributed by atoms with Crippen molar-refractivity contribution in [3.05, 3.63) is 41.4 Å². The number of rotatable bonds is 6. The first kappa shape index (κ1) is 16.0. The monoisotopic (exact) mass is 298 g/mol. The number of halogens is 1. The van der Waals surface area contributed by atoms with Crippen LogP contribution in [0.15, 0.2) is 30.9 Å². The molecule has 3 N–H and O–H groups in total. The molecule has 0 aliphatic rings. The van der Waals surface area contributed by atoms with E-state index in [9.17, 15) is 9.59 Å². The zero-order chi connectivity index (χ0) is 15.1. The molecule has 0 heterocycles. The zero-order valence-electron chi connectivity index (χ0n) is 10.7. The molecule has 1 aromatic carbocycles. The molecular weight excluding hydrogens is 284 g/mol. The van der Waals surface area contributed by atoms with Crippen LogP contribution in [0.25, 0.3) is 0 Å². The molecule has 6 nitrogen and oxygen atoms in total. The van der Waals surface area contributed by atoms with Gasteiger partial charge in [-0.1, -0.05) is 17.7 Å². The number of carboxylic acids is 1. The lowest BCUT2D eigenvalue weighted by Crippen LogP contribution is -2.37. The molecule has 0 saturated carbocycles. The molecule has 0 spiro atoms. The third-order valence-electron chi connectivity index (χ3n) is 2.46. The number of hydrogen-bond donors (Lipinski definition) is 3. The summed E-state index contributed by atoms with van der Waals surface area (Å²) in [6, 6.07) is 3.55. The Bertz CT molecular complexity index is 519. The molecule has 0 aliphatic carbocycles. The molecule has 0 saturated heterocycles. The molecule has 0 fully saturated rings. The van der Waals surface area contributed by atoms with E-state index in [1.165, 1.54) is 29.2 Å². The standard InChI is InChI=1S/C13H15ClN2O4/c1-2-5-16(6-7-17)13(20)15-11-4-3-9(12(18)19)8-10(11)14/h2-4,8,17H,1,5-7H2,(H,15,20)(H,18,19). The summed E-state index contributed by atoms with van der Waals surface area (Å²) in [5.41, 5.74) is 0.333. The minimum Gasteiger partial charge on any atom is -0.478 e. The maximum Gasteiger partial charge on any atom is 0.335 e. The number of aliphatic hydroxyl groups is 1. The summed E-state index contributed by atoms with van der Waals surface area (Å²) in [5, 5.41) is 20.4. The van der Waals surface area contributed by atoms with E-state index in [1.54, 1.807) is 0 Å². The van der Waals surface area contributed by atoms with E-state index in [0.29, 0.717) is 5.69 Å². The summed E-state index contributed by atoms with van der Waals surface area (Å²) < 4.78 is 0. The Hall–Kier alpha value is -2.05. The number of benzene rings is 1. The smallest absolute Gasteiger partial charge is 0.335 e. The van der Waals surface area contributed by atoms with Gasteiger partial charge in [-0.3, -0.25) is 0 Å². The number of carboxylic acid groups (broad SMARTS) is 1. The number of anilines is 1. The normalized spacial score (nSPS) is 9.90. The highest BCUT2D eigenvalue weighted by Crippen LogP contribution is 2.23. The van der Waals surface area contributed by atoms with E-state index >= 15 is 0 Å². The van der Waals surface area contributed by atoms with Gasteiger partial charge in [0.05, 0.1) is 22.9 Å². The fraction of sp³-hybridized carbons (Fsp3) is 0.231. The highest BCUT2D eigenvalue weighted by molar-refractivity contribution is 6.34. The maximum absolute atomic E-state index is 11.9. The highest BCUT2D eigenvalue weighted by atomic mass is 35.5. The number of amides is 2. The van der Waals surface area contributed by atoms with Crippen LogP contribution < -0.4 is 5.32 Å². The van der Waals surface area contributed by atoms with Crippen molar-refractivity contribution in [3.63, 3.8) is 0 Å². The number of aromatic carboxylic acids is 1. The molecule has 0 aromatic heterocycles. The van der Waals surface area contributed by atoms with Crippen LogP contribution in [0.1, 0.15) is 10.4 Å². The van der Waals surface area contributed by atoms with Gasteiger partial charge in [-0.2, -0.15) is 0 Å². The Morgan fingerprint density at radius 1 is 1.45 bits per heavy atom. The average molecular weight is 299 g/mol. The maximum atomic E-state index is 11.9. The molecule has 0 bridgehead atoms. The van der Waals surface area contributed by atoms with E-state index in [1.807, 2.05) is 0 Å². The predicted molar refractivity (Wildman–Crippen MR) is 76.3 cm³/mol. The number of hydrogen-bond acceptors (Lipinski definition) is 3. The molecule has 7 heteroatoms. The minimum absolute atomic E-state index is 0.0336. The van der Waals surface area contributed by atoms with Crippen molar-refractivity contribution >= 4 is 29.3 Å². The molecule has 0 unspecified atom stereocenters. The second-order valence-corrected chi connectivity index (χ2v) is 4.30. The summed E-state index contributed by atoms with van der Waals surface area (Å²) in [6.45, 7) is 3.78. The molecule has 0 radical (unpaired) electrons. The summed E-state index contributed by atoms with van der Waals surface area (Å²) >= 11 is 5.91. The van der Waals surface area contributed by atoms with E-state index in [0.717, 1.165) is 0 Å². The Morgan fingerprint density at radius 3 is 2.65 bits per heavy atom. The second-order valence-electron chi connectivity index (χ2n) is 3.89. The lowest BCUT2D eigenvalue weighted by molar-refractivity contribution is 0.0697. The van der Waals surface area contributed by atoms with Crippen molar-refractivity contribution in [3.8, 4) is 0 Å². The number of nitrogens with one attached hydrogen (secondary N) is 1. The number of nitrogens with zero attached hydrogens (tertiary/aromatic N) is 1. The van der Waals surface area contributed by atoms with E-state index in [2.05, 4.69) is 11.9 Å². The van der Waals surface area contributed by atoms with Crippen molar-refractivity contribution in [1.82, 2.24) is 4.90 Å². The topological polar surface area (TPSA) is 89.9 Å². The van der Waals surface area contributed by atoms with Crippen molar-refractivity contribution in [1.29, 1.82) is 0 Å². The molecule has 1 aromatic rings. The lowest BCUT2D eigenvalue weighted by Gasteiger charge is -2.20. The number of urea groups is 1. The van der Waals surface area contributed by atoms with Gasteiger partial charge in [-0.05, 0) is 18.2 Å². The van der Waals surface area contributed by atoms with Crippen LogP contribution in [0.5, 0.6) is 0 Å². The summed E-state index contributed by atoms with van der Waals surface area (Å²) in [5.74, 6) is -1.10. The molecule has 0 atom stereocenters. The van der Waals surface area contributed by atoms with E-state index in [-0.39, 0.29) is 30.3 Å². The van der Waals surface area contributed by atoms with Crippen molar-refractivity contribution in [2.75, 3.05) is 25.0 Å². The Morgan fingerprint density at radius 2 is 2.15 bits per heavy atom. The van der Waals surface area contributed by atoms with Gasteiger partial charge in [0.2, 0.25) is 0 Å². The van der Waals surface area contributed by atoms with Gasteiger partial charge in [0, 0.05) is 13.1 Å².